The zero-order valence-electron chi connectivity index (χ0n) is 8.12. The summed E-state index contributed by atoms with van der Waals surface area (Å²) in [5.74, 6) is 0. The third kappa shape index (κ3) is 2.62. The lowest BCUT2D eigenvalue weighted by Gasteiger charge is -2.10. The predicted octanol–water partition coefficient (Wildman–Crippen LogP) is 2.21. The summed E-state index contributed by atoms with van der Waals surface area (Å²) in [7, 11) is 0. The van der Waals surface area contributed by atoms with Gasteiger partial charge in [-0.25, -0.2) is 4.98 Å². The maximum absolute atomic E-state index is 8.92. The van der Waals surface area contributed by atoms with Crippen LogP contribution >= 0.6 is 27.7 Å². The van der Waals surface area contributed by atoms with Crippen molar-refractivity contribution in [1.82, 2.24) is 4.98 Å². The molecule has 0 spiro atoms. The third-order valence-corrected chi connectivity index (χ3v) is 4.16. The number of aliphatic hydroxyl groups excluding tert-OH is 1. The van der Waals surface area contributed by atoms with Crippen molar-refractivity contribution in [1.29, 1.82) is 0 Å². The maximum Gasteiger partial charge on any atom is 0.111 e. The summed E-state index contributed by atoms with van der Waals surface area (Å²) < 4.78 is 0.919. The molecule has 0 aliphatic rings. The minimum Gasteiger partial charge on any atom is -0.397 e. The largest absolute Gasteiger partial charge is 0.397 e. The van der Waals surface area contributed by atoms with E-state index in [0.29, 0.717) is 5.69 Å². The van der Waals surface area contributed by atoms with Crippen LogP contribution in [0, 0.1) is 6.92 Å². The van der Waals surface area contributed by atoms with Gasteiger partial charge in [0.2, 0.25) is 0 Å². The van der Waals surface area contributed by atoms with Crippen LogP contribution in [0.1, 0.15) is 12.5 Å². The van der Waals surface area contributed by atoms with Crippen LogP contribution in [0.4, 0.5) is 5.69 Å². The van der Waals surface area contributed by atoms with Gasteiger partial charge in [-0.2, -0.15) is 0 Å². The lowest BCUT2D eigenvalue weighted by molar-refractivity contribution is 0.300. The van der Waals surface area contributed by atoms with E-state index in [1.807, 2.05) is 13.8 Å². The van der Waals surface area contributed by atoms with Gasteiger partial charge < -0.3 is 10.8 Å². The first-order chi connectivity index (χ1) is 6.56. The fraction of sp³-hybridized carbons (Fsp3) is 0.444. The molecule has 3 nitrogen and oxygen atoms in total. The van der Waals surface area contributed by atoms with Crippen molar-refractivity contribution < 1.29 is 5.11 Å². The molecule has 1 heterocycles. The topological polar surface area (TPSA) is 59.1 Å². The van der Waals surface area contributed by atoms with Crippen molar-refractivity contribution in [2.75, 3.05) is 12.3 Å². The molecule has 0 amide bonds. The highest BCUT2D eigenvalue weighted by Crippen LogP contribution is 2.32. The van der Waals surface area contributed by atoms with E-state index in [4.69, 9.17) is 10.8 Å². The summed E-state index contributed by atoms with van der Waals surface area (Å²) in [5, 5.41) is 9.94. The number of pyridine rings is 1. The van der Waals surface area contributed by atoms with Crippen molar-refractivity contribution >= 4 is 33.4 Å². The average Bonchev–Trinajstić information content (AvgIpc) is 2.19. The highest BCUT2D eigenvalue weighted by atomic mass is 79.9. The molecule has 1 unspecified atom stereocenters. The molecule has 0 aliphatic carbocycles. The van der Waals surface area contributed by atoms with Gasteiger partial charge in [-0.15, -0.1) is 0 Å². The van der Waals surface area contributed by atoms with Gasteiger partial charge in [-0.1, -0.05) is 18.7 Å². The van der Waals surface area contributed by atoms with E-state index in [1.54, 1.807) is 6.20 Å². The van der Waals surface area contributed by atoms with Crippen molar-refractivity contribution in [3.63, 3.8) is 0 Å². The minimum absolute atomic E-state index is 0.141. The molecule has 1 aromatic rings. The van der Waals surface area contributed by atoms with E-state index in [2.05, 4.69) is 20.9 Å². The lowest BCUT2D eigenvalue weighted by atomic mass is 10.3. The molecule has 0 radical (unpaired) electrons. The van der Waals surface area contributed by atoms with Crippen LogP contribution in [-0.2, 0) is 0 Å². The van der Waals surface area contributed by atoms with E-state index in [0.717, 1.165) is 15.1 Å². The summed E-state index contributed by atoms with van der Waals surface area (Å²) in [6.07, 6.45) is 1.65. The van der Waals surface area contributed by atoms with Gasteiger partial charge in [0.25, 0.3) is 0 Å². The number of nitrogen functional groups attached to an aromatic ring is 1. The summed E-state index contributed by atoms with van der Waals surface area (Å²) in [6.45, 7) is 4.03. The van der Waals surface area contributed by atoms with Crippen LogP contribution in [0.25, 0.3) is 0 Å². The quantitative estimate of drug-likeness (QED) is 0.832. The molecule has 1 atom stereocenters. The second-order valence-electron chi connectivity index (χ2n) is 3.07. The highest BCUT2D eigenvalue weighted by Gasteiger charge is 2.11. The fourth-order valence-electron chi connectivity index (χ4n) is 0.879. The highest BCUT2D eigenvalue weighted by molar-refractivity contribution is 9.10. The standard InChI is InChI=1S/C9H13BrN2OS/c1-5(4-13)14-9-8(10)6(2)7(11)3-12-9/h3,5,13H,4,11H2,1-2H3. The van der Waals surface area contributed by atoms with Gasteiger partial charge in [-0.05, 0) is 28.4 Å². The Balaban J connectivity index is 2.94. The lowest BCUT2D eigenvalue weighted by Crippen LogP contribution is -2.03. The molecule has 14 heavy (non-hydrogen) atoms. The first-order valence-corrected chi connectivity index (χ1v) is 5.91. The molecule has 0 aliphatic heterocycles. The zero-order chi connectivity index (χ0) is 10.7. The summed E-state index contributed by atoms with van der Waals surface area (Å²) in [6, 6.07) is 0. The van der Waals surface area contributed by atoms with E-state index in [9.17, 15) is 0 Å². The van der Waals surface area contributed by atoms with Crippen LogP contribution in [0.3, 0.4) is 0 Å². The molecule has 0 bridgehead atoms. The predicted molar refractivity (Wildman–Crippen MR) is 63.5 cm³/mol. The molecule has 0 saturated carbocycles. The van der Waals surface area contributed by atoms with Gasteiger partial charge in [0.1, 0.15) is 5.03 Å². The number of nitrogens with two attached hydrogens (primary N) is 1. The Morgan fingerprint density at radius 1 is 1.71 bits per heavy atom. The summed E-state index contributed by atoms with van der Waals surface area (Å²) in [5.41, 5.74) is 7.37. The maximum atomic E-state index is 8.92. The molecule has 5 heteroatoms. The Labute approximate surface area is 96.2 Å². The van der Waals surface area contributed by atoms with Gasteiger partial charge in [0, 0.05) is 5.25 Å². The molecular formula is C9H13BrN2OS. The molecular weight excluding hydrogens is 264 g/mol. The van der Waals surface area contributed by atoms with E-state index >= 15 is 0 Å². The van der Waals surface area contributed by atoms with Gasteiger partial charge >= 0.3 is 0 Å². The molecule has 3 N–H and O–H groups in total. The number of thioether (sulfide) groups is 1. The van der Waals surface area contributed by atoms with Crippen molar-refractivity contribution in [2.45, 2.75) is 24.1 Å². The normalized spacial score (nSPS) is 12.9. The van der Waals surface area contributed by atoms with Crippen LogP contribution in [0.2, 0.25) is 0 Å². The Bertz CT molecular complexity index is 333. The van der Waals surface area contributed by atoms with Crippen LogP contribution in [-0.4, -0.2) is 21.9 Å². The molecule has 1 aromatic heterocycles. The fourth-order valence-corrected chi connectivity index (χ4v) is 2.32. The first kappa shape index (κ1) is 11.8. The number of hydrogen-bond acceptors (Lipinski definition) is 4. The first-order valence-electron chi connectivity index (χ1n) is 4.24. The smallest absolute Gasteiger partial charge is 0.111 e. The molecule has 1 rings (SSSR count). The third-order valence-electron chi connectivity index (χ3n) is 1.84. The van der Waals surface area contributed by atoms with E-state index in [-0.39, 0.29) is 11.9 Å². The second-order valence-corrected chi connectivity index (χ2v) is 5.29. The Morgan fingerprint density at radius 2 is 2.36 bits per heavy atom. The van der Waals surface area contributed by atoms with Crippen LogP contribution in [0.15, 0.2) is 15.7 Å². The zero-order valence-corrected chi connectivity index (χ0v) is 10.5. The SMILES string of the molecule is Cc1c(N)cnc(SC(C)CO)c1Br. The van der Waals surface area contributed by atoms with Crippen molar-refractivity contribution in [3.8, 4) is 0 Å². The molecule has 0 aromatic carbocycles. The number of anilines is 1. The summed E-state index contributed by atoms with van der Waals surface area (Å²) in [4.78, 5) is 4.21. The second kappa shape index (κ2) is 5.00. The van der Waals surface area contributed by atoms with Crippen LogP contribution in [0.5, 0.6) is 0 Å². The molecule has 0 fully saturated rings. The minimum atomic E-state index is 0.141. The van der Waals surface area contributed by atoms with Gasteiger partial charge in [0.05, 0.1) is 23.0 Å². The monoisotopic (exact) mass is 276 g/mol. The average molecular weight is 277 g/mol. The summed E-state index contributed by atoms with van der Waals surface area (Å²) >= 11 is 4.97. The number of nitrogens with zero attached hydrogens (tertiary/aromatic N) is 1. The number of rotatable bonds is 3. The number of aliphatic hydroxyl groups is 1. The Hall–Kier alpha value is -0.260. The Morgan fingerprint density at radius 3 is 2.93 bits per heavy atom. The van der Waals surface area contributed by atoms with E-state index in [1.165, 1.54) is 11.8 Å². The number of aromatic nitrogens is 1. The van der Waals surface area contributed by atoms with Gasteiger partial charge in [0.15, 0.2) is 0 Å². The number of hydrogen-bond donors (Lipinski definition) is 2. The number of halogens is 1. The van der Waals surface area contributed by atoms with Crippen molar-refractivity contribution in [3.05, 3.63) is 16.2 Å². The van der Waals surface area contributed by atoms with Gasteiger partial charge in [-0.3, -0.25) is 0 Å². The van der Waals surface area contributed by atoms with Crippen molar-refractivity contribution in [2.24, 2.45) is 0 Å². The van der Waals surface area contributed by atoms with Crippen LogP contribution < -0.4 is 5.73 Å². The molecule has 0 saturated heterocycles. The van der Waals surface area contributed by atoms with E-state index < -0.39 is 0 Å². The Kier molecular flexibility index (Phi) is 4.22. The molecule has 78 valence electrons.